The van der Waals surface area contributed by atoms with Gasteiger partial charge in [0, 0.05) is 13.2 Å². The number of ether oxygens (including phenoxy) is 1. The third-order valence-corrected chi connectivity index (χ3v) is 3.90. The summed E-state index contributed by atoms with van der Waals surface area (Å²) in [6.07, 6.45) is 0.294. The smallest absolute Gasteiger partial charge is 0.347 e. The largest absolute Gasteiger partial charge is 0.550 e. The highest BCUT2D eigenvalue weighted by molar-refractivity contribution is 6.79. The van der Waals surface area contributed by atoms with Crippen molar-refractivity contribution in [2.24, 2.45) is 0 Å². The van der Waals surface area contributed by atoms with Crippen molar-refractivity contribution in [3.05, 3.63) is 29.8 Å². The van der Waals surface area contributed by atoms with Crippen molar-refractivity contribution in [2.75, 3.05) is 33.4 Å². The van der Waals surface area contributed by atoms with Gasteiger partial charge in [0.1, 0.15) is 0 Å². The first kappa shape index (κ1) is 12.7. The van der Waals surface area contributed by atoms with Crippen molar-refractivity contribution < 1.29 is 18.8 Å². The summed E-state index contributed by atoms with van der Waals surface area (Å²) in [5, 5.41) is 0. The number of esters is 1. The lowest BCUT2D eigenvalue weighted by atomic mass is 9.63. The molecule has 1 aromatic rings. The van der Waals surface area contributed by atoms with E-state index in [4.69, 9.17) is 9.31 Å². The van der Waals surface area contributed by atoms with E-state index in [2.05, 4.69) is 9.55 Å². The highest BCUT2D eigenvalue weighted by Gasteiger charge is 2.43. The van der Waals surface area contributed by atoms with Crippen molar-refractivity contribution in [1.29, 1.82) is 0 Å². The van der Waals surface area contributed by atoms with Crippen LogP contribution in [-0.2, 0) is 25.3 Å². The minimum atomic E-state index is -1.44. The summed E-state index contributed by atoms with van der Waals surface area (Å²) in [5.41, 5.74) is 1.98. The predicted molar refractivity (Wildman–Crippen MR) is 71.0 cm³/mol. The predicted octanol–water partition coefficient (Wildman–Crippen LogP) is -0.0896. The second kappa shape index (κ2) is 4.96. The second-order valence-electron chi connectivity index (χ2n) is 4.94. The second-order valence-corrected chi connectivity index (χ2v) is 4.94. The molecule has 0 bridgehead atoms. The van der Waals surface area contributed by atoms with E-state index in [9.17, 15) is 4.79 Å². The Morgan fingerprint density at radius 3 is 2.47 bits per heavy atom. The Bertz CT molecular complexity index is 466. The fourth-order valence-electron chi connectivity index (χ4n) is 2.89. The zero-order valence-electron chi connectivity index (χ0n) is 11.0. The molecule has 0 atom stereocenters. The molecule has 3 rings (SSSR count). The van der Waals surface area contributed by atoms with Crippen LogP contribution >= 0.6 is 0 Å². The van der Waals surface area contributed by atoms with Gasteiger partial charge in [-0.15, -0.1) is 5.46 Å². The van der Waals surface area contributed by atoms with Gasteiger partial charge in [-0.05, 0) is 18.7 Å². The molecule has 2 saturated heterocycles. The van der Waals surface area contributed by atoms with Gasteiger partial charge < -0.3 is 18.9 Å². The standard InChI is InChI=1S/C13H17BNO4/c1-17-13(16)10-11-2-4-12(5-3-11)14-15(6-8-18-14)7-9-19-14/h2-5H,6-10H2,1H3/q-1. The van der Waals surface area contributed by atoms with Crippen LogP contribution in [0.4, 0.5) is 0 Å². The molecule has 0 unspecified atom stereocenters. The van der Waals surface area contributed by atoms with Crippen molar-refractivity contribution in [3.8, 4) is 0 Å². The normalized spacial score (nSPS) is 21.3. The molecule has 1 aromatic carbocycles. The van der Waals surface area contributed by atoms with Crippen LogP contribution < -0.4 is 5.46 Å². The molecule has 19 heavy (non-hydrogen) atoms. The Morgan fingerprint density at radius 2 is 1.89 bits per heavy atom. The van der Waals surface area contributed by atoms with Crippen molar-refractivity contribution >= 4 is 18.1 Å². The molecule has 0 saturated carbocycles. The van der Waals surface area contributed by atoms with Gasteiger partial charge in [0.25, 0.3) is 0 Å². The first-order chi connectivity index (χ1) is 9.24. The number of fused-ring (bicyclic) bond motifs is 1. The van der Waals surface area contributed by atoms with Gasteiger partial charge in [0.15, 0.2) is 0 Å². The summed E-state index contributed by atoms with van der Waals surface area (Å²) < 4.78 is 16.4. The molecule has 2 aliphatic heterocycles. The molecule has 102 valence electrons. The van der Waals surface area contributed by atoms with E-state index in [-0.39, 0.29) is 5.97 Å². The maximum Gasteiger partial charge on any atom is 0.347 e. The SMILES string of the molecule is COC(=O)Cc1ccc([B-]23OCCN2CCO3)cc1. The summed E-state index contributed by atoms with van der Waals surface area (Å²) in [6.45, 7) is 1.83. The molecule has 6 heteroatoms. The Hall–Kier alpha value is -1.37. The van der Waals surface area contributed by atoms with Crippen LogP contribution in [0, 0.1) is 0 Å². The van der Waals surface area contributed by atoms with Gasteiger partial charge in [-0.25, -0.2) is 0 Å². The molecule has 0 aromatic heterocycles. The molecular weight excluding hydrogens is 245 g/mol. The number of carbonyl (C=O) groups is 1. The van der Waals surface area contributed by atoms with E-state index in [0.29, 0.717) is 19.6 Å². The zero-order valence-corrected chi connectivity index (χ0v) is 11.0. The van der Waals surface area contributed by atoms with Crippen LogP contribution in [0.2, 0.25) is 0 Å². The van der Waals surface area contributed by atoms with E-state index in [0.717, 1.165) is 24.1 Å². The van der Waals surface area contributed by atoms with Gasteiger partial charge in [-0.1, -0.05) is 24.3 Å². The highest BCUT2D eigenvalue weighted by Crippen LogP contribution is 2.24. The topological polar surface area (TPSA) is 48.0 Å². The minimum Gasteiger partial charge on any atom is -0.550 e. The first-order valence-corrected chi connectivity index (χ1v) is 6.57. The number of hydrogen-bond acceptors (Lipinski definition) is 5. The van der Waals surface area contributed by atoms with E-state index < -0.39 is 6.69 Å². The van der Waals surface area contributed by atoms with Gasteiger partial charge in [-0.2, -0.15) is 0 Å². The summed E-state index contributed by atoms with van der Waals surface area (Å²) in [4.78, 5) is 13.5. The van der Waals surface area contributed by atoms with Gasteiger partial charge in [0.05, 0.1) is 13.5 Å². The molecule has 0 N–H and O–H groups in total. The molecule has 0 spiro atoms. The molecule has 0 aliphatic carbocycles. The lowest BCUT2D eigenvalue weighted by molar-refractivity contribution is -0.139. The molecule has 5 nitrogen and oxygen atoms in total. The lowest BCUT2D eigenvalue weighted by Gasteiger charge is -2.37. The van der Waals surface area contributed by atoms with Crippen molar-refractivity contribution in [2.45, 2.75) is 6.42 Å². The fourth-order valence-corrected chi connectivity index (χ4v) is 2.89. The number of rotatable bonds is 3. The molecule has 2 heterocycles. The van der Waals surface area contributed by atoms with Crippen LogP contribution in [0.15, 0.2) is 24.3 Å². The molecule has 2 fully saturated rings. The monoisotopic (exact) mass is 262 g/mol. The van der Waals surface area contributed by atoms with E-state index in [1.807, 2.05) is 24.3 Å². The Balaban J connectivity index is 1.81. The van der Waals surface area contributed by atoms with Crippen LogP contribution in [0.25, 0.3) is 0 Å². The molecular formula is C13H17BNO4-. The van der Waals surface area contributed by atoms with Crippen LogP contribution in [0.3, 0.4) is 0 Å². The fraction of sp³-hybridized carbons (Fsp3) is 0.462. The van der Waals surface area contributed by atoms with Crippen molar-refractivity contribution in [1.82, 2.24) is 4.81 Å². The summed E-state index contributed by atoms with van der Waals surface area (Å²) >= 11 is 0. The zero-order chi connectivity index (χ0) is 13.3. The van der Waals surface area contributed by atoms with Gasteiger partial charge in [-0.3, -0.25) is 4.79 Å². The number of benzene rings is 1. The maximum absolute atomic E-state index is 11.2. The lowest BCUT2D eigenvalue weighted by Crippen LogP contribution is -2.57. The summed E-state index contributed by atoms with van der Waals surface area (Å²) in [6, 6.07) is 7.85. The summed E-state index contributed by atoms with van der Waals surface area (Å²) in [5.74, 6) is -0.229. The van der Waals surface area contributed by atoms with Crippen LogP contribution in [-0.4, -0.2) is 50.9 Å². The average molecular weight is 262 g/mol. The maximum atomic E-state index is 11.2. The van der Waals surface area contributed by atoms with Crippen LogP contribution in [0.5, 0.6) is 0 Å². The third-order valence-electron chi connectivity index (χ3n) is 3.90. The number of hydrogen-bond donors (Lipinski definition) is 0. The third kappa shape index (κ3) is 2.16. The first-order valence-electron chi connectivity index (χ1n) is 6.57. The molecule has 2 aliphatic rings. The Labute approximate surface area is 112 Å². The van der Waals surface area contributed by atoms with Crippen molar-refractivity contribution in [3.63, 3.8) is 0 Å². The molecule has 0 amide bonds. The average Bonchev–Trinajstić information content (AvgIpc) is 2.99. The van der Waals surface area contributed by atoms with Gasteiger partial charge in [0.2, 0.25) is 0 Å². The molecule has 0 radical (unpaired) electrons. The minimum absolute atomic E-state index is 0.229. The van der Waals surface area contributed by atoms with Gasteiger partial charge >= 0.3 is 12.7 Å². The van der Waals surface area contributed by atoms with Crippen LogP contribution in [0.1, 0.15) is 5.56 Å². The highest BCUT2D eigenvalue weighted by atomic mass is 16.6. The number of carbonyl (C=O) groups excluding carboxylic acids is 1. The quantitative estimate of drug-likeness (QED) is 0.563. The number of nitrogens with zero attached hydrogens (tertiary/aromatic N) is 1. The number of methoxy groups -OCH3 is 1. The van der Waals surface area contributed by atoms with E-state index in [1.54, 1.807) is 0 Å². The van der Waals surface area contributed by atoms with E-state index in [1.165, 1.54) is 7.11 Å². The van der Waals surface area contributed by atoms with E-state index >= 15 is 0 Å². The Morgan fingerprint density at radius 1 is 1.26 bits per heavy atom. The Kier molecular flexibility index (Phi) is 3.30. The summed E-state index contributed by atoms with van der Waals surface area (Å²) in [7, 11) is 1.40.